The second kappa shape index (κ2) is 6.31. The SMILES string of the molecule is COCCN1CCC[C@@]2(CCN(C(=O)c3ccnn3C)C2)C1=O. The first-order valence-corrected chi connectivity index (χ1v) is 8.13. The van der Waals surface area contributed by atoms with Crippen molar-refractivity contribution in [3.63, 3.8) is 0 Å². The van der Waals surface area contributed by atoms with Gasteiger partial charge >= 0.3 is 0 Å². The van der Waals surface area contributed by atoms with E-state index in [0.717, 1.165) is 25.8 Å². The van der Waals surface area contributed by atoms with E-state index < -0.39 is 5.41 Å². The number of rotatable bonds is 4. The van der Waals surface area contributed by atoms with Crippen LogP contribution in [0.15, 0.2) is 12.3 Å². The highest BCUT2D eigenvalue weighted by Crippen LogP contribution is 2.40. The van der Waals surface area contributed by atoms with Crippen LogP contribution < -0.4 is 0 Å². The molecule has 2 aliphatic heterocycles. The minimum atomic E-state index is -0.403. The maximum Gasteiger partial charge on any atom is 0.272 e. The predicted octanol–water partition coefficient (Wildman–Crippen LogP) is 0.521. The van der Waals surface area contributed by atoms with Crippen molar-refractivity contribution < 1.29 is 14.3 Å². The summed E-state index contributed by atoms with van der Waals surface area (Å²) in [5, 5.41) is 4.05. The van der Waals surface area contributed by atoms with Crippen LogP contribution in [0.5, 0.6) is 0 Å². The Morgan fingerprint density at radius 3 is 2.91 bits per heavy atom. The fourth-order valence-electron chi connectivity index (χ4n) is 3.74. The fraction of sp³-hybridized carbons (Fsp3) is 0.688. The Hall–Kier alpha value is -1.89. The largest absolute Gasteiger partial charge is 0.383 e. The quantitative estimate of drug-likeness (QED) is 0.811. The van der Waals surface area contributed by atoms with Gasteiger partial charge in [-0.05, 0) is 25.3 Å². The monoisotopic (exact) mass is 320 g/mol. The molecule has 3 heterocycles. The Morgan fingerprint density at radius 2 is 2.22 bits per heavy atom. The van der Waals surface area contributed by atoms with Gasteiger partial charge in [0, 0.05) is 46.5 Å². The van der Waals surface area contributed by atoms with E-state index in [4.69, 9.17) is 4.74 Å². The molecule has 2 fully saturated rings. The molecule has 1 atom stereocenters. The summed E-state index contributed by atoms with van der Waals surface area (Å²) >= 11 is 0. The molecule has 7 nitrogen and oxygen atoms in total. The van der Waals surface area contributed by atoms with Crippen LogP contribution in [0.1, 0.15) is 29.8 Å². The molecule has 0 N–H and O–H groups in total. The summed E-state index contributed by atoms with van der Waals surface area (Å²) in [6.07, 6.45) is 4.23. The Morgan fingerprint density at radius 1 is 1.39 bits per heavy atom. The zero-order chi connectivity index (χ0) is 16.4. The normalized spacial score (nSPS) is 24.7. The third-order valence-corrected chi connectivity index (χ3v) is 5.07. The number of nitrogens with zero attached hydrogens (tertiary/aromatic N) is 4. The molecule has 2 aliphatic rings. The number of hydrogen-bond donors (Lipinski definition) is 0. The van der Waals surface area contributed by atoms with E-state index >= 15 is 0 Å². The third kappa shape index (κ3) is 2.85. The van der Waals surface area contributed by atoms with Gasteiger partial charge < -0.3 is 14.5 Å². The van der Waals surface area contributed by atoms with E-state index in [2.05, 4.69) is 5.10 Å². The molecule has 3 rings (SSSR count). The Labute approximate surface area is 136 Å². The first-order chi connectivity index (χ1) is 11.1. The molecule has 2 amide bonds. The molecule has 0 radical (unpaired) electrons. The molecule has 1 aromatic rings. The summed E-state index contributed by atoms with van der Waals surface area (Å²) < 4.78 is 6.68. The zero-order valence-corrected chi connectivity index (χ0v) is 13.8. The van der Waals surface area contributed by atoms with Gasteiger partial charge in [0.25, 0.3) is 5.91 Å². The first-order valence-electron chi connectivity index (χ1n) is 8.13. The van der Waals surface area contributed by atoms with E-state index in [1.165, 1.54) is 0 Å². The van der Waals surface area contributed by atoms with Crippen molar-refractivity contribution in [3.05, 3.63) is 18.0 Å². The molecule has 0 bridgehead atoms. The van der Waals surface area contributed by atoms with Crippen LogP contribution in [0.4, 0.5) is 0 Å². The minimum absolute atomic E-state index is 0.0383. The summed E-state index contributed by atoms with van der Waals surface area (Å²) in [5.74, 6) is 0.143. The highest BCUT2D eigenvalue weighted by atomic mass is 16.5. The molecule has 7 heteroatoms. The summed E-state index contributed by atoms with van der Waals surface area (Å²) in [6.45, 7) is 3.12. The molecule has 0 unspecified atom stereocenters. The van der Waals surface area contributed by atoms with Crippen molar-refractivity contribution in [2.45, 2.75) is 19.3 Å². The highest BCUT2D eigenvalue weighted by Gasteiger charge is 2.49. The van der Waals surface area contributed by atoms with Gasteiger partial charge in [-0.2, -0.15) is 5.10 Å². The van der Waals surface area contributed by atoms with Gasteiger partial charge in [0.15, 0.2) is 0 Å². The number of piperidine rings is 1. The molecule has 23 heavy (non-hydrogen) atoms. The van der Waals surface area contributed by atoms with Crippen molar-refractivity contribution in [2.75, 3.05) is 39.9 Å². The molecule has 1 aromatic heterocycles. The van der Waals surface area contributed by atoms with Gasteiger partial charge in [-0.25, -0.2) is 0 Å². The zero-order valence-electron chi connectivity index (χ0n) is 13.8. The summed E-state index contributed by atoms with van der Waals surface area (Å²) in [7, 11) is 3.41. The molecule has 0 aromatic carbocycles. The second-order valence-electron chi connectivity index (χ2n) is 6.49. The van der Waals surface area contributed by atoms with Gasteiger partial charge in [-0.15, -0.1) is 0 Å². The number of carbonyl (C=O) groups is 2. The van der Waals surface area contributed by atoms with E-state index in [-0.39, 0.29) is 11.8 Å². The van der Waals surface area contributed by atoms with Crippen LogP contribution >= 0.6 is 0 Å². The number of likely N-dealkylation sites (tertiary alicyclic amines) is 2. The van der Waals surface area contributed by atoms with Crippen molar-refractivity contribution in [2.24, 2.45) is 12.5 Å². The predicted molar refractivity (Wildman–Crippen MR) is 83.9 cm³/mol. The maximum atomic E-state index is 12.9. The smallest absolute Gasteiger partial charge is 0.272 e. The fourth-order valence-corrected chi connectivity index (χ4v) is 3.74. The molecule has 1 spiro atoms. The lowest BCUT2D eigenvalue weighted by atomic mass is 9.78. The first kappa shape index (κ1) is 16.0. The average Bonchev–Trinajstić information content (AvgIpc) is 3.16. The Bertz CT molecular complexity index is 600. The maximum absolute atomic E-state index is 12.9. The second-order valence-corrected chi connectivity index (χ2v) is 6.49. The summed E-state index contributed by atoms with van der Waals surface area (Å²) in [5.41, 5.74) is 0.168. The lowest BCUT2D eigenvalue weighted by molar-refractivity contribution is -0.146. The van der Waals surface area contributed by atoms with Gasteiger partial charge in [0.2, 0.25) is 5.91 Å². The van der Waals surface area contributed by atoms with Crippen LogP contribution in [-0.4, -0.2) is 71.3 Å². The number of ether oxygens (including phenoxy) is 1. The van der Waals surface area contributed by atoms with E-state index in [1.807, 2.05) is 4.90 Å². The topological polar surface area (TPSA) is 67.7 Å². The van der Waals surface area contributed by atoms with Crippen LogP contribution in [-0.2, 0) is 16.6 Å². The lowest BCUT2D eigenvalue weighted by Crippen LogP contribution is -2.51. The average molecular weight is 320 g/mol. The molecule has 126 valence electrons. The summed E-state index contributed by atoms with van der Waals surface area (Å²) in [6, 6.07) is 1.72. The van der Waals surface area contributed by atoms with Crippen molar-refractivity contribution in [3.8, 4) is 0 Å². The van der Waals surface area contributed by atoms with E-state index in [1.54, 1.807) is 36.0 Å². The number of amides is 2. The van der Waals surface area contributed by atoms with E-state index in [0.29, 0.717) is 31.9 Å². The molecule has 0 aliphatic carbocycles. The molecule has 2 saturated heterocycles. The van der Waals surface area contributed by atoms with Crippen LogP contribution in [0.2, 0.25) is 0 Å². The third-order valence-electron chi connectivity index (χ3n) is 5.07. The van der Waals surface area contributed by atoms with Crippen molar-refractivity contribution in [1.29, 1.82) is 0 Å². The molecule has 0 saturated carbocycles. The number of aryl methyl sites for hydroxylation is 1. The molecular weight excluding hydrogens is 296 g/mol. The number of carbonyl (C=O) groups excluding carboxylic acids is 2. The van der Waals surface area contributed by atoms with Gasteiger partial charge in [-0.1, -0.05) is 0 Å². The van der Waals surface area contributed by atoms with Crippen LogP contribution in [0.25, 0.3) is 0 Å². The van der Waals surface area contributed by atoms with E-state index in [9.17, 15) is 9.59 Å². The highest BCUT2D eigenvalue weighted by molar-refractivity contribution is 5.94. The van der Waals surface area contributed by atoms with Gasteiger partial charge in [-0.3, -0.25) is 14.3 Å². The minimum Gasteiger partial charge on any atom is -0.383 e. The summed E-state index contributed by atoms with van der Waals surface area (Å²) in [4.78, 5) is 29.2. The lowest BCUT2D eigenvalue weighted by Gasteiger charge is -2.39. The molecular formula is C16H24N4O3. The van der Waals surface area contributed by atoms with Gasteiger partial charge in [0.05, 0.1) is 12.0 Å². The van der Waals surface area contributed by atoms with Gasteiger partial charge in [0.1, 0.15) is 5.69 Å². The van der Waals surface area contributed by atoms with Crippen molar-refractivity contribution in [1.82, 2.24) is 19.6 Å². The Kier molecular flexibility index (Phi) is 4.39. The van der Waals surface area contributed by atoms with Crippen molar-refractivity contribution >= 4 is 11.8 Å². The number of aromatic nitrogens is 2. The van der Waals surface area contributed by atoms with Crippen LogP contribution in [0, 0.1) is 5.41 Å². The number of hydrogen-bond acceptors (Lipinski definition) is 4. The standard InChI is InChI=1S/C16H24N4O3/c1-18-13(4-7-17-18)14(21)20-9-6-16(12-20)5-3-8-19(15(16)22)10-11-23-2/h4,7H,3,5-6,8-12H2,1-2H3/t16-/m0/s1. The van der Waals surface area contributed by atoms with Crippen LogP contribution in [0.3, 0.4) is 0 Å². The Balaban J connectivity index is 1.71. The number of methoxy groups -OCH3 is 1.